The molecule has 0 fully saturated rings. The van der Waals surface area contributed by atoms with Crippen molar-refractivity contribution in [3.05, 3.63) is 40.0 Å². The molecule has 1 aromatic heterocycles. The lowest BCUT2D eigenvalue weighted by molar-refractivity contribution is -0.143. The van der Waals surface area contributed by atoms with Gasteiger partial charge in [0.15, 0.2) is 0 Å². The van der Waals surface area contributed by atoms with Gasteiger partial charge < -0.3 is 13.9 Å². The Morgan fingerprint density at radius 1 is 1.04 bits per heavy atom. The molecule has 1 heterocycles. The van der Waals surface area contributed by atoms with Crippen molar-refractivity contribution in [2.45, 2.75) is 65.2 Å². The van der Waals surface area contributed by atoms with E-state index in [0.29, 0.717) is 41.9 Å². The highest BCUT2D eigenvalue weighted by atomic mass is 19.1. The Bertz CT molecular complexity index is 828. The number of esters is 1. The summed E-state index contributed by atoms with van der Waals surface area (Å²) in [5, 5.41) is 0.578. The summed E-state index contributed by atoms with van der Waals surface area (Å²) in [4.78, 5) is 22.4. The first-order valence-corrected chi connectivity index (χ1v) is 10.0. The first-order chi connectivity index (χ1) is 13.5. The maximum absolute atomic E-state index is 13.6. The molecular formula is C22H29FO5. The van der Waals surface area contributed by atoms with Crippen LogP contribution in [-0.4, -0.2) is 19.2 Å². The molecule has 0 atom stereocenters. The van der Waals surface area contributed by atoms with Crippen molar-refractivity contribution >= 4 is 16.9 Å². The van der Waals surface area contributed by atoms with E-state index >= 15 is 0 Å². The Kier molecular flexibility index (Phi) is 8.98. The van der Waals surface area contributed by atoms with Gasteiger partial charge in [-0.25, -0.2) is 4.79 Å². The summed E-state index contributed by atoms with van der Waals surface area (Å²) < 4.78 is 29.3. The zero-order valence-electron chi connectivity index (χ0n) is 16.7. The predicted octanol–water partition coefficient (Wildman–Crippen LogP) is 5.30. The molecule has 0 radical (unpaired) electrons. The van der Waals surface area contributed by atoms with Crippen LogP contribution in [0.4, 0.5) is 4.39 Å². The van der Waals surface area contributed by atoms with Crippen LogP contribution in [0.5, 0.6) is 5.75 Å². The molecule has 0 N–H and O–H groups in total. The topological polar surface area (TPSA) is 65.7 Å². The van der Waals surface area contributed by atoms with Crippen LogP contribution in [0.25, 0.3) is 11.0 Å². The lowest BCUT2D eigenvalue weighted by atomic mass is 10.1. The predicted molar refractivity (Wildman–Crippen MR) is 106 cm³/mol. The van der Waals surface area contributed by atoms with Crippen molar-refractivity contribution in [2.75, 3.05) is 13.2 Å². The van der Waals surface area contributed by atoms with Gasteiger partial charge in [0.2, 0.25) is 5.82 Å². The quantitative estimate of drug-likeness (QED) is 0.278. The van der Waals surface area contributed by atoms with E-state index in [1.807, 2.05) is 0 Å². The summed E-state index contributed by atoms with van der Waals surface area (Å²) in [6.45, 7) is 4.47. The van der Waals surface area contributed by atoms with E-state index < -0.39 is 11.4 Å². The molecule has 1 aromatic carbocycles. The lowest BCUT2D eigenvalue weighted by Gasteiger charge is -2.08. The number of hydrogen-bond acceptors (Lipinski definition) is 5. The van der Waals surface area contributed by atoms with Crippen LogP contribution in [0.3, 0.4) is 0 Å². The molecule has 0 aliphatic carbocycles. The molecule has 0 unspecified atom stereocenters. The normalized spacial score (nSPS) is 11.0. The van der Waals surface area contributed by atoms with Crippen LogP contribution >= 0.6 is 0 Å². The highest BCUT2D eigenvalue weighted by Crippen LogP contribution is 2.23. The molecule has 0 amide bonds. The largest absolute Gasteiger partial charge is 0.493 e. The minimum absolute atomic E-state index is 0.129. The monoisotopic (exact) mass is 392 g/mol. The van der Waals surface area contributed by atoms with E-state index in [0.717, 1.165) is 44.9 Å². The maximum atomic E-state index is 13.6. The Morgan fingerprint density at radius 3 is 2.36 bits per heavy atom. The molecule has 0 saturated carbocycles. The van der Waals surface area contributed by atoms with E-state index in [9.17, 15) is 14.0 Å². The zero-order chi connectivity index (χ0) is 20.4. The van der Waals surface area contributed by atoms with Crippen molar-refractivity contribution in [1.29, 1.82) is 0 Å². The van der Waals surface area contributed by atoms with Gasteiger partial charge in [-0.2, -0.15) is 4.39 Å². The minimum atomic E-state index is -0.953. The smallest absolute Gasteiger partial charge is 0.372 e. The van der Waals surface area contributed by atoms with Crippen molar-refractivity contribution in [2.24, 2.45) is 0 Å². The molecule has 154 valence electrons. The average molecular weight is 392 g/mol. The van der Waals surface area contributed by atoms with Gasteiger partial charge in [0, 0.05) is 23.4 Å². The fourth-order valence-corrected chi connectivity index (χ4v) is 2.97. The fraction of sp³-hybridized carbons (Fsp3) is 0.545. The van der Waals surface area contributed by atoms with Crippen molar-refractivity contribution in [3.8, 4) is 5.75 Å². The van der Waals surface area contributed by atoms with Gasteiger partial charge in [-0.1, -0.05) is 39.0 Å². The molecule has 6 heteroatoms. The molecule has 0 aliphatic heterocycles. The lowest BCUT2D eigenvalue weighted by Crippen LogP contribution is -2.07. The number of rotatable bonds is 12. The third kappa shape index (κ3) is 6.66. The fourth-order valence-electron chi connectivity index (χ4n) is 2.97. The second-order valence-corrected chi connectivity index (χ2v) is 6.88. The summed E-state index contributed by atoms with van der Waals surface area (Å²) in [7, 11) is 0. The number of benzene rings is 1. The standard InChI is InChI=1S/C22H29FO5/c1-3-20(24)27-14-10-8-6-4-5-7-9-13-26-17-11-12-18-16(2)21(23)22(25)28-19(18)15-17/h11-12,15H,3-10,13-14H2,1-2H3. The third-order valence-electron chi connectivity index (χ3n) is 4.68. The Hall–Kier alpha value is -2.37. The zero-order valence-corrected chi connectivity index (χ0v) is 16.7. The SMILES string of the molecule is CCC(=O)OCCCCCCCCCOc1ccc2c(C)c(F)c(=O)oc2c1. The highest BCUT2D eigenvalue weighted by molar-refractivity contribution is 5.81. The number of carbonyl (C=O) groups is 1. The second kappa shape index (κ2) is 11.5. The Balaban J connectivity index is 1.59. The average Bonchev–Trinajstić information content (AvgIpc) is 2.69. The molecule has 0 aliphatic rings. The molecule has 0 saturated heterocycles. The van der Waals surface area contributed by atoms with Crippen molar-refractivity contribution < 1.29 is 23.1 Å². The number of aryl methyl sites for hydroxylation is 1. The van der Waals surface area contributed by atoms with Crippen LogP contribution in [0, 0.1) is 12.7 Å². The Labute approximate surface area is 164 Å². The van der Waals surface area contributed by atoms with Crippen LogP contribution < -0.4 is 10.4 Å². The molecule has 2 aromatic rings. The summed E-state index contributed by atoms with van der Waals surface area (Å²) in [5.41, 5.74) is -0.321. The van der Waals surface area contributed by atoms with Gasteiger partial charge in [0.05, 0.1) is 13.2 Å². The number of halogens is 1. The van der Waals surface area contributed by atoms with Gasteiger partial charge >= 0.3 is 11.6 Å². The molecule has 0 bridgehead atoms. The highest BCUT2D eigenvalue weighted by Gasteiger charge is 2.11. The number of ether oxygens (including phenoxy) is 2. The van der Waals surface area contributed by atoms with Gasteiger partial charge in [0.1, 0.15) is 11.3 Å². The van der Waals surface area contributed by atoms with Crippen LogP contribution in [0.1, 0.15) is 63.9 Å². The van der Waals surface area contributed by atoms with E-state index in [-0.39, 0.29) is 5.97 Å². The van der Waals surface area contributed by atoms with E-state index in [1.165, 1.54) is 0 Å². The van der Waals surface area contributed by atoms with Gasteiger partial charge in [0.25, 0.3) is 0 Å². The molecule has 5 nitrogen and oxygen atoms in total. The van der Waals surface area contributed by atoms with Crippen LogP contribution in [0.15, 0.2) is 27.4 Å². The summed E-state index contributed by atoms with van der Waals surface area (Å²) >= 11 is 0. The molecule has 2 rings (SSSR count). The number of unbranched alkanes of at least 4 members (excludes halogenated alkanes) is 6. The van der Waals surface area contributed by atoms with E-state index in [1.54, 1.807) is 32.0 Å². The third-order valence-corrected chi connectivity index (χ3v) is 4.68. The van der Waals surface area contributed by atoms with Gasteiger partial charge in [-0.15, -0.1) is 0 Å². The summed E-state index contributed by atoms with van der Waals surface area (Å²) in [5.74, 6) is -0.359. The first-order valence-electron chi connectivity index (χ1n) is 10.0. The van der Waals surface area contributed by atoms with Crippen molar-refractivity contribution in [1.82, 2.24) is 0 Å². The Morgan fingerprint density at radius 2 is 1.68 bits per heavy atom. The van der Waals surface area contributed by atoms with Crippen LogP contribution in [0.2, 0.25) is 0 Å². The summed E-state index contributed by atoms with van der Waals surface area (Å²) in [6, 6.07) is 5.11. The van der Waals surface area contributed by atoms with Crippen LogP contribution in [-0.2, 0) is 9.53 Å². The molecular weight excluding hydrogens is 363 g/mol. The minimum Gasteiger partial charge on any atom is -0.493 e. The van der Waals surface area contributed by atoms with E-state index in [4.69, 9.17) is 13.9 Å². The number of hydrogen-bond donors (Lipinski definition) is 0. The second-order valence-electron chi connectivity index (χ2n) is 6.88. The number of fused-ring (bicyclic) bond motifs is 1. The molecule has 0 spiro atoms. The van der Waals surface area contributed by atoms with Crippen molar-refractivity contribution in [3.63, 3.8) is 0 Å². The van der Waals surface area contributed by atoms with E-state index in [2.05, 4.69) is 0 Å². The number of carbonyl (C=O) groups excluding carboxylic acids is 1. The van der Waals surface area contributed by atoms with Gasteiger partial charge in [-0.3, -0.25) is 4.79 Å². The summed E-state index contributed by atoms with van der Waals surface area (Å²) in [6.07, 6.45) is 7.91. The van der Waals surface area contributed by atoms with Gasteiger partial charge in [-0.05, 0) is 31.9 Å². The maximum Gasteiger partial charge on any atom is 0.372 e. The first kappa shape index (κ1) is 21.9. The molecule has 28 heavy (non-hydrogen) atoms.